The predicted molar refractivity (Wildman–Crippen MR) is 96.8 cm³/mol. The third kappa shape index (κ3) is 7.49. The molecule has 0 fully saturated rings. The van der Waals surface area contributed by atoms with Crippen molar-refractivity contribution in [3.05, 3.63) is 33.3 Å². The summed E-state index contributed by atoms with van der Waals surface area (Å²) in [6, 6.07) is 3.83. The van der Waals surface area contributed by atoms with Gasteiger partial charge >= 0.3 is 0 Å². The number of anilines is 1. The van der Waals surface area contributed by atoms with Gasteiger partial charge in [-0.3, -0.25) is 24.6 Å². The van der Waals surface area contributed by atoms with Gasteiger partial charge in [0, 0.05) is 18.7 Å². The molecule has 0 spiro atoms. The molecule has 0 radical (unpaired) electrons. The van der Waals surface area contributed by atoms with Gasteiger partial charge in [0.25, 0.3) is 5.69 Å². The van der Waals surface area contributed by atoms with Crippen LogP contribution in [0.5, 0.6) is 0 Å². The molecule has 0 aromatic heterocycles. The molecule has 0 bridgehead atoms. The zero-order valence-electron chi connectivity index (χ0n) is 14.4. The number of hydrogen-bond acceptors (Lipinski definition) is 5. The van der Waals surface area contributed by atoms with E-state index in [1.807, 2.05) is 13.8 Å². The molecular weight excluding hydrogens is 348 g/mol. The quantitative estimate of drug-likeness (QED) is 0.486. The third-order valence-corrected chi connectivity index (χ3v) is 3.60. The molecule has 2 amide bonds. The Hall–Kier alpha value is -2.19. The standard InChI is InChI=1S/C16H23ClN4O4/c1-3-7-18-15(22)10-20(8-4-2)11-16(23)19-14-6-5-12(21(24)25)9-13(14)17/h5-6,9H,3-4,7-8,10-11H2,1-2H3,(H,18,22)(H,19,23). The Morgan fingerprint density at radius 1 is 1.20 bits per heavy atom. The maximum Gasteiger partial charge on any atom is 0.271 e. The number of carbonyl (C=O) groups is 2. The van der Waals surface area contributed by atoms with Gasteiger partial charge in [0.05, 0.1) is 28.7 Å². The van der Waals surface area contributed by atoms with Crippen molar-refractivity contribution in [2.45, 2.75) is 26.7 Å². The summed E-state index contributed by atoms with van der Waals surface area (Å²) >= 11 is 5.96. The average molecular weight is 371 g/mol. The van der Waals surface area contributed by atoms with E-state index in [1.165, 1.54) is 18.2 Å². The molecule has 25 heavy (non-hydrogen) atoms. The Morgan fingerprint density at radius 3 is 2.44 bits per heavy atom. The van der Waals surface area contributed by atoms with Gasteiger partial charge in [0.15, 0.2) is 0 Å². The van der Waals surface area contributed by atoms with Gasteiger partial charge in [-0.2, -0.15) is 0 Å². The molecule has 1 aromatic carbocycles. The minimum absolute atomic E-state index is 0.0285. The molecule has 0 atom stereocenters. The fraction of sp³-hybridized carbons (Fsp3) is 0.500. The fourth-order valence-corrected chi connectivity index (χ4v) is 2.39. The van der Waals surface area contributed by atoms with Gasteiger partial charge in [-0.25, -0.2) is 0 Å². The highest BCUT2D eigenvalue weighted by molar-refractivity contribution is 6.34. The number of rotatable bonds is 10. The van der Waals surface area contributed by atoms with Crippen LogP contribution in [0.15, 0.2) is 18.2 Å². The third-order valence-electron chi connectivity index (χ3n) is 3.28. The van der Waals surface area contributed by atoms with E-state index in [4.69, 9.17) is 11.6 Å². The lowest BCUT2D eigenvalue weighted by Gasteiger charge is -2.20. The Kier molecular flexibility index (Phi) is 8.87. The number of non-ortho nitro benzene ring substituents is 1. The van der Waals surface area contributed by atoms with Crippen LogP contribution in [-0.4, -0.2) is 47.8 Å². The normalized spacial score (nSPS) is 10.6. The van der Waals surface area contributed by atoms with Crippen molar-refractivity contribution in [3.63, 3.8) is 0 Å². The maximum atomic E-state index is 12.2. The first kappa shape index (κ1) is 20.9. The van der Waals surface area contributed by atoms with Gasteiger partial charge in [-0.1, -0.05) is 25.4 Å². The number of nitro groups is 1. The summed E-state index contributed by atoms with van der Waals surface area (Å²) in [4.78, 5) is 35.9. The number of halogens is 1. The Morgan fingerprint density at radius 2 is 1.88 bits per heavy atom. The zero-order valence-corrected chi connectivity index (χ0v) is 15.1. The smallest absolute Gasteiger partial charge is 0.271 e. The summed E-state index contributed by atoms with van der Waals surface area (Å²) < 4.78 is 0. The minimum Gasteiger partial charge on any atom is -0.355 e. The van der Waals surface area contributed by atoms with Crippen LogP contribution in [0.2, 0.25) is 5.02 Å². The molecule has 0 unspecified atom stereocenters. The molecule has 0 aliphatic rings. The molecule has 0 heterocycles. The highest BCUT2D eigenvalue weighted by Gasteiger charge is 2.16. The van der Waals surface area contributed by atoms with Gasteiger partial charge in [-0.15, -0.1) is 0 Å². The molecule has 2 N–H and O–H groups in total. The lowest BCUT2D eigenvalue weighted by atomic mass is 10.2. The summed E-state index contributed by atoms with van der Waals surface area (Å²) in [5.74, 6) is -0.469. The summed E-state index contributed by atoms with van der Waals surface area (Å²) in [5, 5.41) is 16.2. The van der Waals surface area contributed by atoms with E-state index in [0.29, 0.717) is 18.8 Å². The maximum absolute atomic E-state index is 12.2. The summed E-state index contributed by atoms with van der Waals surface area (Å²) in [6.45, 7) is 5.29. The van der Waals surface area contributed by atoms with Gasteiger partial charge in [0.2, 0.25) is 11.8 Å². The van der Waals surface area contributed by atoms with Crippen molar-refractivity contribution >= 4 is 34.8 Å². The largest absolute Gasteiger partial charge is 0.355 e. The molecule has 1 rings (SSSR count). The molecule has 1 aromatic rings. The topological polar surface area (TPSA) is 105 Å². The second kappa shape index (κ2) is 10.6. The van der Waals surface area contributed by atoms with Crippen LogP contribution >= 0.6 is 11.6 Å². The van der Waals surface area contributed by atoms with Gasteiger partial charge < -0.3 is 10.6 Å². The number of nitro benzene ring substituents is 1. The van der Waals surface area contributed by atoms with Crippen LogP contribution in [0.25, 0.3) is 0 Å². The number of nitrogens with zero attached hydrogens (tertiary/aromatic N) is 2. The molecule has 0 saturated carbocycles. The van der Waals surface area contributed by atoms with Crippen LogP contribution in [-0.2, 0) is 9.59 Å². The van der Waals surface area contributed by atoms with Gasteiger partial charge in [0.1, 0.15) is 0 Å². The Bertz CT molecular complexity index is 624. The monoisotopic (exact) mass is 370 g/mol. The Labute approximate surface area is 151 Å². The first-order valence-electron chi connectivity index (χ1n) is 8.10. The Balaban J connectivity index is 2.65. The predicted octanol–water partition coefficient (Wildman–Crippen LogP) is 2.42. The number of amides is 2. The van der Waals surface area contributed by atoms with E-state index >= 15 is 0 Å². The first-order valence-corrected chi connectivity index (χ1v) is 8.48. The van der Waals surface area contributed by atoms with Crippen LogP contribution in [0.3, 0.4) is 0 Å². The van der Waals surface area contributed by atoms with Crippen molar-refractivity contribution in [1.29, 1.82) is 0 Å². The summed E-state index contributed by atoms with van der Waals surface area (Å²) in [5.41, 5.74) is 0.146. The van der Waals surface area contributed by atoms with Crippen molar-refractivity contribution in [3.8, 4) is 0 Å². The minimum atomic E-state index is -0.560. The van der Waals surface area contributed by atoms with E-state index < -0.39 is 4.92 Å². The molecule has 138 valence electrons. The van der Waals surface area contributed by atoms with Gasteiger partial charge in [-0.05, 0) is 25.5 Å². The lowest BCUT2D eigenvalue weighted by molar-refractivity contribution is -0.384. The van der Waals surface area contributed by atoms with Crippen LogP contribution in [0.4, 0.5) is 11.4 Å². The second-order valence-electron chi connectivity index (χ2n) is 5.53. The number of nitrogens with one attached hydrogen (secondary N) is 2. The number of benzene rings is 1. The summed E-state index contributed by atoms with van der Waals surface area (Å²) in [6.07, 6.45) is 1.64. The van der Waals surface area contributed by atoms with E-state index in [0.717, 1.165) is 12.8 Å². The number of hydrogen-bond donors (Lipinski definition) is 2. The fourth-order valence-electron chi connectivity index (χ4n) is 2.17. The highest BCUT2D eigenvalue weighted by Crippen LogP contribution is 2.26. The lowest BCUT2D eigenvalue weighted by Crippen LogP contribution is -2.41. The highest BCUT2D eigenvalue weighted by atomic mass is 35.5. The van der Waals surface area contributed by atoms with Crippen molar-refractivity contribution in [2.75, 3.05) is 31.5 Å². The molecule has 8 nitrogen and oxygen atoms in total. The van der Waals surface area contributed by atoms with E-state index in [1.54, 1.807) is 4.90 Å². The second-order valence-corrected chi connectivity index (χ2v) is 5.94. The zero-order chi connectivity index (χ0) is 18.8. The summed E-state index contributed by atoms with van der Waals surface area (Å²) in [7, 11) is 0. The SMILES string of the molecule is CCCNC(=O)CN(CCC)CC(=O)Nc1ccc([N+](=O)[O-])cc1Cl. The van der Waals surface area contributed by atoms with E-state index in [9.17, 15) is 19.7 Å². The first-order chi connectivity index (χ1) is 11.9. The van der Waals surface area contributed by atoms with E-state index in [2.05, 4.69) is 10.6 Å². The van der Waals surface area contributed by atoms with Crippen molar-refractivity contribution < 1.29 is 14.5 Å². The molecule has 9 heteroatoms. The van der Waals surface area contributed by atoms with Crippen LogP contribution in [0, 0.1) is 10.1 Å². The van der Waals surface area contributed by atoms with Crippen molar-refractivity contribution in [1.82, 2.24) is 10.2 Å². The van der Waals surface area contributed by atoms with Crippen LogP contribution < -0.4 is 10.6 Å². The van der Waals surface area contributed by atoms with Crippen LogP contribution in [0.1, 0.15) is 26.7 Å². The molecular formula is C16H23ClN4O4. The number of carbonyl (C=O) groups excluding carboxylic acids is 2. The molecule has 0 aliphatic carbocycles. The molecule has 0 aliphatic heterocycles. The molecule has 0 saturated heterocycles. The van der Waals surface area contributed by atoms with E-state index in [-0.39, 0.29) is 35.6 Å². The average Bonchev–Trinajstić information content (AvgIpc) is 2.54. The van der Waals surface area contributed by atoms with Crippen molar-refractivity contribution in [2.24, 2.45) is 0 Å².